The van der Waals surface area contributed by atoms with Crippen LogP contribution in [0, 0.1) is 0 Å². The molecule has 0 atom stereocenters. The fourth-order valence-electron chi connectivity index (χ4n) is 0.780. The SMILES string of the molecule is FCOc1cccc(OCF)c1. The molecule has 0 bridgehead atoms. The first-order valence-corrected chi connectivity index (χ1v) is 3.34. The van der Waals surface area contributed by atoms with E-state index in [1.165, 1.54) is 6.07 Å². The second kappa shape index (κ2) is 4.54. The monoisotopic (exact) mass is 174 g/mol. The van der Waals surface area contributed by atoms with Crippen LogP contribution < -0.4 is 9.47 Å². The third-order valence-corrected chi connectivity index (χ3v) is 1.25. The highest BCUT2D eigenvalue weighted by Gasteiger charge is 1.96. The lowest BCUT2D eigenvalue weighted by atomic mass is 10.3. The second-order valence-corrected chi connectivity index (χ2v) is 1.98. The Morgan fingerprint density at radius 2 is 1.50 bits per heavy atom. The summed E-state index contributed by atoms with van der Waals surface area (Å²) in [5.74, 6) is 0.645. The molecule has 0 unspecified atom stereocenters. The van der Waals surface area contributed by atoms with Gasteiger partial charge in [-0.15, -0.1) is 0 Å². The van der Waals surface area contributed by atoms with Gasteiger partial charge in [0, 0.05) is 6.07 Å². The molecule has 0 fully saturated rings. The third kappa shape index (κ3) is 2.38. The standard InChI is InChI=1S/C8H8F2O2/c9-5-11-7-2-1-3-8(4-7)12-6-10/h1-4H,5-6H2. The molecule has 1 aromatic rings. The fourth-order valence-corrected chi connectivity index (χ4v) is 0.780. The summed E-state index contributed by atoms with van der Waals surface area (Å²) in [5.41, 5.74) is 0. The molecule has 0 saturated heterocycles. The summed E-state index contributed by atoms with van der Waals surface area (Å²) in [5, 5.41) is 0. The van der Waals surface area contributed by atoms with E-state index in [0.29, 0.717) is 11.5 Å². The quantitative estimate of drug-likeness (QED) is 0.697. The Labute approximate surface area is 68.7 Å². The van der Waals surface area contributed by atoms with Crippen molar-refractivity contribution in [2.45, 2.75) is 0 Å². The van der Waals surface area contributed by atoms with Crippen molar-refractivity contribution in [2.75, 3.05) is 13.7 Å². The van der Waals surface area contributed by atoms with Crippen LogP contribution in [0.15, 0.2) is 24.3 Å². The smallest absolute Gasteiger partial charge is 0.228 e. The first-order valence-electron chi connectivity index (χ1n) is 3.34. The molecule has 0 aliphatic heterocycles. The zero-order chi connectivity index (χ0) is 8.81. The lowest BCUT2D eigenvalue weighted by Crippen LogP contribution is -1.92. The van der Waals surface area contributed by atoms with E-state index in [9.17, 15) is 8.78 Å². The Kier molecular flexibility index (Phi) is 3.32. The molecule has 1 aromatic carbocycles. The minimum absolute atomic E-state index is 0.323. The first-order chi connectivity index (χ1) is 5.86. The Balaban J connectivity index is 2.67. The van der Waals surface area contributed by atoms with Gasteiger partial charge in [0.15, 0.2) is 0 Å². The summed E-state index contributed by atoms with van der Waals surface area (Å²) < 4.78 is 32.4. The zero-order valence-electron chi connectivity index (χ0n) is 6.30. The molecule has 2 nitrogen and oxygen atoms in total. The van der Waals surface area contributed by atoms with Gasteiger partial charge >= 0.3 is 0 Å². The summed E-state index contributed by atoms with van der Waals surface area (Å²) >= 11 is 0. The highest BCUT2D eigenvalue weighted by molar-refractivity contribution is 5.32. The van der Waals surface area contributed by atoms with Gasteiger partial charge in [0.1, 0.15) is 11.5 Å². The number of rotatable bonds is 4. The predicted molar refractivity (Wildman–Crippen MR) is 39.6 cm³/mol. The number of alkyl halides is 2. The largest absolute Gasteiger partial charge is 0.463 e. The molecule has 0 radical (unpaired) electrons. The van der Waals surface area contributed by atoms with E-state index in [1.807, 2.05) is 0 Å². The normalized spacial score (nSPS) is 9.50. The van der Waals surface area contributed by atoms with Crippen molar-refractivity contribution in [1.29, 1.82) is 0 Å². The lowest BCUT2D eigenvalue weighted by molar-refractivity contribution is 0.182. The number of benzene rings is 1. The molecule has 0 aliphatic carbocycles. The van der Waals surface area contributed by atoms with E-state index in [1.54, 1.807) is 18.2 Å². The van der Waals surface area contributed by atoms with Crippen LogP contribution in [0.4, 0.5) is 8.78 Å². The number of hydrogen-bond donors (Lipinski definition) is 0. The van der Waals surface area contributed by atoms with Crippen molar-refractivity contribution in [3.8, 4) is 11.5 Å². The van der Waals surface area contributed by atoms with Gasteiger partial charge in [-0.2, -0.15) is 0 Å². The van der Waals surface area contributed by atoms with Gasteiger partial charge in [-0.25, -0.2) is 8.78 Å². The molecular weight excluding hydrogens is 166 g/mol. The zero-order valence-corrected chi connectivity index (χ0v) is 6.30. The molecule has 66 valence electrons. The Morgan fingerprint density at radius 3 is 1.92 bits per heavy atom. The fraction of sp³-hybridized carbons (Fsp3) is 0.250. The van der Waals surface area contributed by atoms with Gasteiger partial charge < -0.3 is 9.47 Å². The van der Waals surface area contributed by atoms with Crippen molar-refractivity contribution >= 4 is 0 Å². The van der Waals surface area contributed by atoms with Crippen LogP contribution in [0.25, 0.3) is 0 Å². The van der Waals surface area contributed by atoms with Crippen molar-refractivity contribution in [1.82, 2.24) is 0 Å². The van der Waals surface area contributed by atoms with Crippen LogP contribution in [-0.2, 0) is 0 Å². The van der Waals surface area contributed by atoms with Gasteiger partial charge in [0.25, 0.3) is 0 Å². The molecule has 0 aliphatic rings. The average molecular weight is 174 g/mol. The summed E-state index contributed by atoms with van der Waals surface area (Å²) in [6.07, 6.45) is 0. The molecular formula is C8H8F2O2. The Hall–Kier alpha value is -1.32. The average Bonchev–Trinajstić information content (AvgIpc) is 2.06. The van der Waals surface area contributed by atoms with Crippen LogP contribution >= 0.6 is 0 Å². The van der Waals surface area contributed by atoms with E-state index < -0.39 is 13.7 Å². The summed E-state index contributed by atoms with van der Waals surface area (Å²) in [4.78, 5) is 0. The lowest BCUT2D eigenvalue weighted by Gasteiger charge is -2.03. The molecule has 0 heterocycles. The first kappa shape index (κ1) is 8.77. The Morgan fingerprint density at radius 1 is 1.00 bits per heavy atom. The second-order valence-electron chi connectivity index (χ2n) is 1.98. The van der Waals surface area contributed by atoms with Crippen molar-refractivity contribution in [3.63, 3.8) is 0 Å². The molecule has 0 N–H and O–H groups in total. The van der Waals surface area contributed by atoms with Gasteiger partial charge in [-0.05, 0) is 12.1 Å². The third-order valence-electron chi connectivity index (χ3n) is 1.25. The Bertz CT molecular complexity index is 219. The summed E-state index contributed by atoms with van der Waals surface area (Å²) in [6, 6.07) is 6.13. The van der Waals surface area contributed by atoms with Crippen LogP contribution in [0.3, 0.4) is 0 Å². The summed E-state index contributed by atoms with van der Waals surface area (Å²) in [6.45, 7) is -1.81. The van der Waals surface area contributed by atoms with Crippen LogP contribution in [0.2, 0.25) is 0 Å². The maximum atomic E-state index is 11.7. The van der Waals surface area contributed by atoms with E-state index in [2.05, 4.69) is 9.47 Å². The maximum Gasteiger partial charge on any atom is 0.228 e. The minimum atomic E-state index is -0.904. The van der Waals surface area contributed by atoms with Gasteiger partial charge in [-0.3, -0.25) is 0 Å². The highest BCUT2D eigenvalue weighted by Crippen LogP contribution is 2.19. The molecule has 0 spiro atoms. The topological polar surface area (TPSA) is 18.5 Å². The van der Waals surface area contributed by atoms with Crippen molar-refractivity contribution < 1.29 is 18.3 Å². The molecule has 0 aromatic heterocycles. The van der Waals surface area contributed by atoms with E-state index in [4.69, 9.17) is 0 Å². The van der Waals surface area contributed by atoms with Gasteiger partial charge in [0.2, 0.25) is 13.7 Å². The summed E-state index contributed by atoms with van der Waals surface area (Å²) in [7, 11) is 0. The predicted octanol–water partition coefficient (Wildman–Crippen LogP) is 2.30. The van der Waals surface area contributed by atoms with Crippen molar-refractivity contribution in [2.24, 2.45) is 0 Å². The van der Waals surface area contributed by atoms with Crippen molar-refractivity contribution in [3.05, 3.63) is 24.3 Å². The number of hydrogen-bond acceptors (Lipinski definition) is 2. The van der Waals surface area contributed by atoms with E-state index in [-0.39, 0.29) is 0 Å². The molecule has 12 heavy (non-hydrogen) atoms. The van der Waals surface area contributed by atoms with Gasteiger partial charge in [-0.1, -0.05) is 6.07 Å². The number of halogens is 2. The highest BCUT2D eigenvalue weighted by atomic mass is 19.1. The van der Waals surface area contributed by atoms with Crippen LogP contribution in [-0.4, -0.2) is 13.7 Å². The number of ether oxygens (including phenoxy) is 2. The molecule has 0 saturated carbocycles. The van der Waals surface area contributed by atoms with E-state index in [0.717, 1.165) is 0 Å². The molecule has 1 rings (SSSR count). The van der Waals surface area contributed by atoms with Crippen LogP contribution in [0.5, 0.6) is 11.5 Å². The van der Waals surface area contributed by atoms with Crippen LogP contribution in [0.1, 0.15) is 0 Å². The molecule has 4 heteroatoms. The maximum absolute atomic E-state index is 11.7. The molecule has 0 amide bonds. The van der Waals surface area contributed by atoms with E-state index >= 15 is 0 Å². The minimum Gasteiger partial charge on any atom is -0.463 e. The van der Waals surface area contributed by atoms with Gasteiger partial charge in [0.05, 0.1) is 0 Å².